The first kappa shape index (κ1) is 17.2. The first-order chi connectivity index (χ1) is 11.3. The minimum atomic E-state index is 0.473. The number of hydrogen-bond acceptors (Lipinski definition) is 4. The molecule has 0 aliphatic rings. The van der Waals surface area contributed by atoms with E-state index in [0.29, 0.717) is 23.9 Å². The fraction of sp³-hybridized carbons (Fsp3) is 0.368. The van der Waals surface area contributed by atoms with E-state index in [9.17, 15) is 0 Å². The van der Waals surface area contributed by atoms with Gasteiger partial charge in [-0.2, -0.15) is 0 Å². The summed E-state index contributed by atoms with van der Waals surface area (Å²) in [5.41, 5.74) is 2.21. The molecule has 4 nitrogen and oxygen atoms in total. The predicted octanol–water partition coefficient (Wildman–Crippen LogP) is 3.78. The molecule has 0 aromatic heterocycles. The summed E-state index contributed by atoms with van der Waals surface area (Å²) in [4.78, 5) is 0. The lowest BCUT2D eigenvalue weighted by atomic mass is 10.1. The van der Waals surface area contributed by atoms with Crippen LogP contribution < -0.4 is 19.5 Å². The van der Waals surface area contributed by atoms with Gasteiger partial charge in [0.05, 0.1) is 14.2 Å². The van der Waals surface area contributed by atoms with E-state index >= 15 is 0 Å². The van der Waals surface area contributed by atoms with E-state index in [4.69, 9.17) is 14.2 Å². The van der Waals surface area contributed by atoms with E-state index in [1.165, 1.54) is 0 Å². The van der Waals surface area contributed by atoms with E-state index in [0.717, 1.165) is 30.6 Å². The van der Waals surface area contributed by atoms with Gasteiger partial charge in [-0.15, -0.1) is 0 Å². The topological polar surface area (TPSA) is 39.7 Å². The summed E-state index contributed by atoms with van der Waals surface area (Å²) in [7, 11) is 3.29. The molecule has 0 saturated heterocycles. The molecule has 1 N–H and O–H groups in total. The van der Waals surface area contributed by atoms with Crippen LogP contribution in [-0.2, 0) is 13.2 Å². The molecule has 4 heteroatoms. The van der Waals surface area contributed by atoms with Gasteiger partial charge in [-0.1, -0.05) is 37.3 Å². The quantitative estimate of drug-likeness (QED) is 0.715. The fourth-order valence-electron chi connectivity index (χ4n) is 2.32. The van der Waals surface area contributed by atoms with E-state index in [2.05, 4.69) is 12.2 Å². The van der Waals surface area contributed by atoms with Gasteiger partial charge in [0, 0.05) is 6.54 Å². The molecular weight excluding hydrogens is 290 g/mol. The number of benzene rings is 2. The van der Waals surface area contributed by atoms with Crippen LogP contribution in [0.1, 0.15) is 24.5 Å². The average Bonchev–Trinajstić information content (AvgIpc) is 2.60. The maximum Gasteiger partial charge on any atom is 0.203 e. The standard InChI is InChI=1S/C19H25NO3/c1-4-10-20-13-16-11-17(21-2)19(18(12-16)22-3)23-14-15-8-6-5-7-9-15/h5-9,11-12,20H,4,10,13-14H2,1-3H3. The highest BCUT2D eigenvalue weighted by molar-refractivity contribution is 5.54. The smallest absolute Gasteiger partial charge is 0.203 e. The second-order valence-corrected chi connectivity index (χ2v) is 5.28. The number of hydrogen-bond donors (Lipinski definition) is 1. The van der Waals surface area contributed by atoms with Crippen LogP contribution in [0.4, 0.5) is 0 Å². The zero-order valence-corrected chi connectivity index (χ0v) is 14.1. The Balaban J connectivity index is 2.16. The molecule has 0 fully saturated rings. The second kappa shape index (κ2) is 9.06. The maximum absolute atomic E-state index is 5.95. The number of nitrogens with one attached hydrogen (secondary N) is 1. The van der Waals surface area contributed by atoms with Gasteiger partial charge in [0.15, 0.2) is 11.5 Å². The first-order valence-corrected chi connectivity index (χ1v) is 7.90. The number of ether oxygens (including phenoxy) is 3. The second-order valence-electron chi connectivity index (χ2n) is 5.28. The minimum absolute atomic E-state index is 0.473. The molecule has 0 unspecified atom stereocenters. The SMILES string of the molecule is CCCNCc1cc(OC)c(OCc2ccccc2)c(OC)c1. The van der Waals surface area contributed by atoms with E-state index in [1.807, 2.05) is 42.5 Å². The molecule has 0 amide bonds. The molecule has 0 aliphatic carbocycles. The van der Waals surface area contributed by atoms with Crippen molar-refractivity contribution in [3.05, 3.63) is 53.6 Å². The average molecular weight is 315 g/mol. The summed E-state index contributed by atoms with van der Waals surface area (Å²) in [5.74, 6) is 2.01. The Morgan fingerprint density at radius 3 is 2.13 bits per heavy atom. The van der Waals surface area contributed by atoms with Crippen molar-refractivity contribution < 1.29 is 14.2 Å². The third-order valence-electron chi connectivity index (χ3n) is 3.50. The molecular formula is C19H25NO3. The first-order valence-electron chi connectivity index (χ1n) is 7.90. The van der Waals surface area contributed by atoms with Crippen LogP contribution in [0.5, 0.6) is 17.2 Å². The van der Waals surface area contributed by atoms with Gasteiger partial charge in [0.2, 0.25) is 5.75 Å². The largest absolute Gasteiger partial charge is 0.493 e. The van der Waals surface area contributed by atoms with Gasteiger partial charge in [0.1, 0.15) is 6.61 Å². The zero-order chi connectivity index (χ0) is 16.5. The van der Waals surface area contributed by atoms with Crippen LogP contribution in [0, 0.1) is 0 Å². The Morgan fingerprint density at radius 1 is 0.913 bits per heavy atom. The maximum atomic E-state index is 5.95. The van der Waals surface area contributed by atoms with Crippen molar-refractivity contribution in [2.45, 2.75) is 26.5 Å². The third-order valence-corrected chi connectivity index (χ3v) is 3.50. The molecule has 0 aliphatic heterocycles. The summed E-state index contributed by atoms with van der Waals surface area (Å²) in [6.07, 6.45) is 1.10. The number of methoxy groups -OCH3 is 2. The zero-order valence-electron chi connectivity index (χ0n) is 14.1. The van der Waals surface area contributed by atoms with Crippen molar-refractivity contribution in [2.75, 3.05) is 20.8 Å². The van der Waals surface area contributed by atoms with Gasteiger partial charge in [-0.3, -0.25) is 0 Å². The Kier molecular flexibility index (Phi) is 6.76. The Bertz CT molecular complexity index is 574. The van der Waals surface area contributed by atoms with E-state index < -0.39 is 0 Å². The Hall–Kier alpha value is -2.20. The Morgan fingerprint density at radius 2 is 1.57 bits per heavy atom. The van der Waals surface area contributed by atoms with Crippen LogP contribution >= 0.6 is 0 Å². The van der Waals surface area contributed by atoms with Gasteiger partial charge >= 0.3 is 0 Å². The Labute approximate surface area is 138 Å². The normalized spacial score (nSPS) is 10.4. The lowest BCUT2D eigenvalue weighted by molar-refractivity contribution is 0.265. The molecule has 124 valence electrons. The molecule has 2 aromatic carbocycles. The highest BCUT2D eigenvalue weighted by Gasteiger charge is 2.14. The predicted molar refractivity (Wildman–Crippen MR) is 92.3 cm³/mol. The summed E-state index contributed by atoms with van der Waals surface area (Å²) in [6, 6.07) is 14.0. The van der Waals surface area contributed by atoms with Crippen molar-refractivity contribution in [2.24, 2.45) is 0 Å². The summed E-state index contributed by atoms with van der Waals surface area (Å²) >= 11 is 0. The van der Waals surface area contributed by atoms with Gasteiger partial charge < -0.3 is 19.5 Å². The van der Waals surface area contributed by atoms with Gasteiger partial charge in [-0.25, -0.2) is 0 Å². The molecule has 2 aromatic rings. The molecule has 0 heterocycles. The molecule has 2 rings (SSSR count). The molecule has 23 heavy (non-hydrogen) atoms. The van der Waals surface area contributed by atoms with Crippen molar-refractivity contribution >= 4 is 0 Å². The van der Waals surface area contributed by atoms with Crippen LogP contribution in [0.15, 0.2) is 42.5 Å². The minimum Gasteiger partial charge on any atom is -0.493 e. The van der Waals surface area contributed by atoms with Crippen molar-refractivity contribution in [3.8, 4) is 17.2 Å². The van der Waals surface area contributed by atoms with Gasteiger partial charge in [0.25, 0.3) is 0 Å². The molecule has 0 atom stereocenters. The fourth-order valence-corrected chi connectivity index (χ4v) is 2.32. The molecule has 0 spiro atoms. The highest BCUT2D eigenvalue weighted by Crippen LogP contribution is 2.39. The summed E-state index contributed by atoms with van der Waals surface area (Å²) < 4.78 is 16.9. The van der Waals surface area contributed by atoms with Crippen molar-refractivity contribution in [1.82, 2.24) is 5.32 Å². The number of rotatable bonds is 9. The molecule has 0 radical (unpaired) electrons. The molecule has 0 bridgehead atoms. The van der Waals surface area contributed by atoms with Crippen LogP contribution in [-0.4, -0.2) is 20.8 Å². The van der Waals surface area contributed by atoms with Crippen molar-refractivity contribution in [3.63, 3.8) is 0 Å². The van der Waals surface area contributed by atoms with Crippen LogP contribution in [0.3, 0.4) is 0 Å². The summed E-state index contributed by atoms with van der Waals surface area (Å²) in [5, 5.41) is 3.38. The van der Waals surface area contributed by atoms with Crippen LogP contribution in [0.25, 0.3) is 0 Å². The summed E-state index contributed by atoms with van der Waals surface area (Å²) in [6.45, 7) is 4.38. The highest BCUT2D eigenvalue weighted by atomic mass is 16.5. The van der Waals surface area contributed by atoms with Gasteiger partial charge in [-0.05, 0) is 36.2 Å². The van der Waals surface area contributed by atoms with E-state index in [1.54, 1.807) is 14.2 Å². The molecule has 0 saturated carbocycles. The van der Waals surface area contributed by atoms with Crippen LogP contribution in [0.2, 0.25) is 0 Å². The lowest BCUT2D eigenvalue weighted by Gasteiger charge is -2.16. The van der Waals surface area contributed by atoms with Crippen molar-refractivity contribution in [1.29, 1.82) is 0 Å². The lowest BCUT2D eigenvalue weighted by Crippen LogP contribution is -2.14. The third kappa shape index (κ3) is 4.89. The van der Waals surface area contributed by atoms with E-state index in [-0.39, 0.29) is 0 Å². The monoisotopic (exact) mass is 315 g/mol.